The third kappa shape index (κ3) is 2.33. The van der Waals surface area contributed by atoms with Crippen molar-refractivity contribution in [1.29, 1.82) is 0 Å². The predicted octanol–water partition coefficient (Wildman–Crippen LogP) is 4.08. The maximum atomic E-state index is 3.55. The van der Waals surface area contributed by atoms with E-state index in [0.717, 1.165) is 6.54 Å². The number of hydrogen-bond donors (Lipinski definition) is 2. The SMILES string of the molecule is C[C@H](NCc1ccc2cc[nH]c2c1)c1cccs1. The van der Waals surface area contributed by atoms with Crippen LogP contribution in [0, 0.1) is 0 Å². The molecule has 0 fully saturated rings. The summed E-state index contributed by atoms with van der Waals surface area (Å²) in [5.41, 5.74) is 2.52. The second-order valence-corrected chi connectivity index (χ2v) is 5.50. The average molecular weight is 256 g/mol. The largest absolute Gasteiger partial charge is 0.361 e. The molecule has 2 N–H and O–H groups in total. The van der Waals surface area contributed by atoms with Crippen LogP contribution >= 0.6 is 11.3 Å². The van der Waals surface area contributed by atoms with Crippen molar-refractivity contribution < 1.29 is 0 Å². The third-order valence-corrected chi connectivity index (χ3v) is 4.26. The fraction of sp³-hybridized carbons (Fsp3) is 0.200. The summed E-state index contributed by atoms with van der Waals surface area (Å²) in [6.07, 6.45) is 1.98. The van der Waals surface area contributed by atoms with Gasteiger partial charge in [-0.25, -0.2) is 0 Å². The van der Waals surface area contributed by atoms with Gasteiger partial charge in [0.25, 0.3) is 0 Å². The van der Waals surface area contributed by atoms with Crippen molar-refractivity contribution in [2.24, 2.45) is 0 Å². The minimum atomic E-state index is 0.407. The molecule has 0 amide bonds. The number of rotatable bonds is 4. The van der Waals surface area contributed by atoms with Crippen molar-refractivity contribution >= 4 is 22.2 Å². The average Bonchev–Trinajstić information content (AvgIpc) is 3.05. The maximum absolute atomic E-state index is 3.55. The highest BCUT2D eigenvalue weighted by atomic mass is 32.1. The van der Waals surface area contributed by atoms with Gasteiger partial charge in [0.1, 0.15) is 0 Å². The molecule has 0 spiro atoms. The third-order valence-electron chi connectivity index (χ3n) is 3.20. The van der Waals surface area contributed by atoms with Crippen LogP contribution in [0.5, 0.6) is 0 Å². The van der Waals surface area contributed by atoms with Crippen LogP contribution in [0.2, 0.25) is 0 Å². The molecule has 1 aromatic carbocycles. The van der Waals surface area contributed by atoms with Crippen LogP contribution in [0.3, 0.4) is 0 Å². The zero-order valence-corrected chi connectivity index (χ0v) is 11.1. The van der Waals surface area contributed by atoms with Crippen LogP contribution in [0.4, 0.5) is 0 Å². The number of hydrogen-bond acceptors (Lipinski definition) is 2. The highest BCUT2D eigenvalue weighted by Crippen LogP contribution is 2.19. The Morgan fingerprint density at radius 1 is 1.28 bits per heavy atom. The maximum Gasteiger partial charge on any atom is 0.0457 e. The molecule has 3 rings (SSSR count). The van der Waals surface area contributed by atoms with E-state index in [-0.39, 0.29) is 0 Å². The molecule has 0 radical (unpaired) electrons. The van der Waals surface area contributed by atoms with Crippen LogP contribution in [-0.4, -0.2) is 4.98 Å². The minimum absolute atomic E-state index is 0.407. The van der Waals surface area contributed by atoms with Crippen LogP contribution < -0.4 is 5.32 Å². The Hall–Kier alpha value is -1.58. The topological polar surface area (TPSA) is 27.8 Å². The van der Waals surface area contributed by atoms with Gasteiger partial charge in [-0.05, 0) is 41.5 Å². The molecule has 1 atom stereocenters. The summed E-state index contributed by atoms with van der Waals surface area (Å²) in [5.74, 6) is 0. The molecule has 0 saturated heterocycles. The van der Waals surface area contributed by atoms with Gasteiger partial charge < -0.3 is 10.3 Å². The predicted molar refractivity (Wildman–Crippen MR) is 77.9 cm³/mol. The van der Waals surface area contributed by atoms with Gasteiger partial charge in [-0.15, -0.1) is 11.3 Å². The van der Waals surface area contributed by atoms with E-state index in [2.05, 4.69) is 59.0 Å². The van der Waals surface area contributed by atoms with Gasteiger partial charge in [-0.3, -0.25) is 0 Å². The second kappa shape index (κ2) is 4.96. The Balaban J connectivity index is 1.69. The number of thiophene rings is 1. The second-order valence-electron chi connectivity index (χ2n) is 4.52. The lowest BCUT2D eigenvalue weighted by atomic mass is 10.1. The fourth-order valence-corrected chi connectivity index (χ4v) is 2.87. The molecule has 0 unspecified atom stereocenters. The molecule has 0 aliphatic heterocycles. The lowest BCUT2D eigenvalue weighted by Gasteiger charge is -2.12. The molecular weight excluding hydrogens is 240 g/mol. The fourth-order valence-electron chi connectivity index (χ4n) is 2.11. The highest BCUT2D eigenvalue weighted by molar-refractivity contribution is 7.10. The molecule has 0 aliphatic carbocycles. The molecule has 3 heteroatoms. The van der Waals surface area contributed by atoms with Crippen molar-refractivity contribution in [2.45, 2.75) is 19.5 Å². The van der Waals surface area contributed by atoms with Crippen molar-refractivity contribution in [2.75, 3.05) is 0 Å². The molecule has 0 saturated carbocycles. The summed E-state index contributed by atoms with van der Waals surface area (Å²) in [7, 11) is 0. The summed E-state index contributed by atoms with van der Waals surface area (Å²) in [6, 6.07) is 13.3. The normalized spacial score (nSPS) is 12.9. The van der Waals surface area contributed by atoms with Crippen LogP contribution in [0.1, 0.15) is 23.4 Å². The zero-order valence-electron chi connectivity index (χ0n) is 10.3. The van der Waals surface area contributed by atoms with E-state index < -0.39 is 0 Å². The van der Waals surface area contributed by atoms with Crippen molar-refractivity contribution in [3.05, 3.63) is 58.4 Å². The van der Waals surface area contributed by atoms with E-state index >= 15 is 0 Å². The van der Waals surface area contributed by atoms with Crippen LogP contribution in [0.25, 0.3) is 10.9 Å². The lowest BCUT2D eigenvalue weighted by molar-refractivity contribution is 0.583. The number of aromatic amines is 1. The monoisotopic (exact) mass is 256 g/mol. The highest BCUT2D eigenvalue weighted by Gasteiger charge is 2.05. The van der Waals surface area contributed by atoms with Gasteiger partial charge in [-0.2, -0.15) is 0 Å². The lowest BCUT2D eigenvalue weighted by Crippen LogP contribution is -2.16. The Labute approximate surface area is 111 Å². The van der Waals surface area contributed by atoms with Gasteiger partial charge in [0.15, 0.2) is 0 Å². The molecule has 2 nitrogen and oxygen atoms in total. The standard InChI is InChI=1S/C15H16N2S/c1-11(15-3-2-8-18-15)17-10-12-4-5-13-6-7-16-14(13)9-12/h2-9,11,16-17H,10H2,1H3/t11-/m0/s1. The molecular formula is C15H16N2S. The summed E-state index contributed by atoms with van der Waals surface area (Å²) in [6.45, 7) is 3.10. The zero-order chi connectivity index (χ0) is 12.4. The van der Waals surface area contributed by atoms with E-state index in [1.807, 2.05) is 6.20 Å². The van der Waals surface area contributed by atoms with E-state index in [1.54, 1.807) is 11.3 Å². The number of aromatic nitrogens is 1. The van der Waals surface area contributed by atoms with E-state index in [9.17, 15) is 0 Å². The molecule has 3 aromatic rings. The quantitative estimate of drug-likeness (QED) is 0.723. The smallest absolute Gasteiger partial charge is 0.0457 e. The molecule has 18 heavy (non-hydrogen) atoms. The Morgan fingerprint density at radius 3 is 3.06 bits per heavy atom. The Kier molecular flexibility index (Phi) is 3.17. The van der Waals surface area contributed by atoms with Crippen molar-refractivity contribution in [3.8, 4) is 0 Å². The first-order chi connectivity index (χ1) is 8.83. The minimum Gasteiger partial charge on any atom is -0.361 e. The number of benzene rings is 1. The summed E-state index contributed by atoms with van der Waals surface area (Å²) in [4.78, 5) is 4.63. The van der Waals surface area contributed by atoms with Crippen LogP contribution in [0.15, 0.2) is 48.0 Å². The molecule has 92 valence electrons. The Morgan fingerprint density at radius 2 is 2.22 bits per heavy atom. The Bertz CT molecular complexity index is 625. The number of nitrogens with one attached hydrogen (secondary N) is 2. The van der Waals surface area contributed by atoms with Gasteiger partial charge >= 0.3 is 0 Å². The summed E-state index contributed by atoms with van der Waals surface area (Å²) in [5, 5.41) is 6.95. The first kappa shape index (κ1) is 11.5. The van der Waals surface area contributed by atoms with Crippen LogP contribution in [-0.2, 0) is 6.54 Å². The van der Waals surface area contributed by atoms with E-state index in [0.29, 0.717) is 6.04 Å². The van der Waals surface area contributed by atoms with Gasteiger partial charge in [0.2, 0.25) is 0 Å². The summed E-state index contributed by atoms with van der Waals surface area (Å²) < 4.78 is 0. The first-order valence-corrected chi connectivity index (χ1v) is 7.04. The van der Waals surface area contributed by atoms with E-state index in [4.69, 9.17) is 0 Å². The van der Waals surface area contributed by atoms with Crippen molar-refractivity contribution in [3.63, 3.8) is 0 Å². The molecule has 0 bridgehead atoms. The van der Waals surface area contributed by atoms with Crippen molar-refractivity contribution in [1.82, 2.24) is 10.3 Å². The summed E-state index contributed by atoms with van der Waals surface area (Å²) >= 11 is 1.80. The molecule has 2 aromatic heterocycles. The molecule has 2 heterocycles. The van der Waals surface area contributed by atoms with E-state index in [1.165, 1.54) is 21.3 Å². The van der Waals surface area contributed by atoms with Gasteiger partial charge in [0, 0.05) is 29.2 Å². The number of H-pyrrole nitrogens is 1. The molecule has 0 aliphatic rings. The number of fused-ring (bicyclic) bond motifs is 1. The van der Waals surface area contributed by atoms with Gasteiger partial charge in [0.05, 0.1) is 0 Å². The first-order valence-electron chi connectivity index (χ1n) is 6.16. The van der Waals surface area contributed by atoms with Gasteiger partial charge in [-0.1, -0.05) is 18.2 Å².